The first kappa shape index (κ1) is 24.7. The number of carbonyl (C=O) groups is 1. The number of hydrogen-bond donors (Lipinski definition) is 0. The third kappa shape index (κ3) is 5.33. The molecule has 0 N–H and O–H groups in total. The topological polar surface area (TPSA) is 55.8 Å². The number of ether oxygens (including phenoxy) is 1. The van der Waals surface area contributed by atoms with Crippen LogP contribution in [0.1, 0.15) is 38.0 Å². The van der Waals surface area contributed by atoms with Crippen molar-refractivity contribution in [3.8, 4) is 0 Å². The number of amides is 1. The van der Waals surface area contributed by atoms with Crippen LogP contribution in [-0.2, 0) is 20.0 Å². The summed E-state index contributed by atoms with van der Waals surface area (Å²) in [6, 6.07) is 17.1. The van der Waals surface area contributed by atoms with E-state index in [2.05, 4.69) is 33.9 Å². The Balaban J connectivity index is 1.98. The Morgan fingerprint density at radius 2 is 1.69 bits per heavy atom. The van der Waals surface area contributed by atoms with E-state index in [4.69, 9.17) is 9.16 Å². The highest BCUT2D eigenvalue weighted by molar-refractivity contribution is 7.85. The maximum Gasteiger partial charge on any atom is 0.410 e. The van der Waals surface area contributed by atoms with Gasteiger partial charge >= 0.3 is 6.09 Å². The summed E-state index contributed by atoms with van der Waals surface area (Å²) in [5, 5.41) is -0.0269. The Morgan fingerprint density at radius 1 is 1.09 bits per heavy atom. The smallest absolute Gasteiger partial charge is 0.410 e. The van der Waals surface area contributed by atoms with E-state index in [-0.39, 0.29) is 17.2 Å². The molecule has 7 heteroatoms. The molecular weight excluding hydrogens is 438 g/mol. The first-order chi connectivity index (χ1) is 14.9. The predicted octanol–water partition coefficient (Wildman–Crippen LogP) is 5.68. The number of carbonyl (C=O) groups excluding carboxylic acids is 1. The summed E-state index contributed by atoms with van der Waals surface area (Å²) in [7, 11) is -1.75. The van der Waals surface area contributed by atoms with Crippen molar-refractivity contribution in [3.63, 3.8) is 0 Å². The lowest BCUT2D eigenvalue weighted by Gasteiger charge is -2.42. The zero-order chi connectivity index (χ0) is 23.7. The molecule has 2 aromatic rings. The zero-order valence-corrected chi connectivity index (χ0v) is 21.9. The second kappa shape index (κ2) is 9.49. The van der Waals surface area contributed by atoms with Crippen LogP contribution in [0.25, 0.3) is 0 Å². The lowest BCUT2D eigenvalue weighted by atomic mass is 9.98. The minimum Gasteiger partial charge on any atom is -0.439 e. The van der Waals surface area contributed by atoms with E-state index in [0.29, 0.717) is 5.75 Å². The quantitative estimate of drug-likeness (QED) is 0.485. The fourth-order valence-electron chi connectivity index (χ4n) is 3.63. The fraction of sp³-hybridized carbons (Fsp3) is 0.480. The van der Waals surface area contributed by atoms with Crippen LogP contribution in [0.3, 0.4) is 0 Å². The lowest BCUT2D eigenvalue weighted by Crippen LogP contribution is -2.52. The van der Waals surface area contributed by atoms with Gasteiger partial charge in [0, 0.05) is 11.9 Å². The minimum atomic E-state index is -2.22. The van der Waals surface area contributed by atoms with Crippen LogP contribution in [0.15, 0.2) is 59.5 Å². The molecule has 0 bridgehead atoms. The number of cyclic esters (lactones) is 1. The fourth-order valence-corrected chi connectivity index (χ4v) is 6.28. The van der Waals surface area contributed by atoms with E-state index < -0.39 is 31.3 Å². The summed E-state index contributed by atoms with van der Waals surface area (Å²) < 4.78 is 26.0. The van der Waals surface area contributed by atoms with E-state index in [1.807, 2.05) is 61.5 Å². The molecule has 0 aliphatic carbocycles. The molecule has 0 radical (unpaired) electrons. The third-order valence-corrected chi connectivity index (χ3v) is 12.6. The Morgan fingerprint density at radius 3 is 2.25 bits per heavy atom. The minimum absolute atomic E-state index is 0.0269. The number of benzene rings is 2. The Bertz CT molecular complexity index is 956. The van der Waals surface area contributed by atoms with E-state index >= 15 is 0 Å². The SMILES string of the molecule is Cc1ccc(S(=O)C[C@H](O[Si](C)(C)C(C)(C)C)[C@@H]2[C@@H](c3ccccc3)OC(=O)N2C)cc1. The molecule has 5 nitrogen and oxygen atoms in total. The molecule has 0 saturated carbocycles. The molecule has 3 rings (SSSR count). The number of aryl methyl sites for hydroxylation is 1. The monoisotopic (exact) mass is 473 g/mol. The predicted molar refractivity (Wildman–Crippen MR) is 132 cm³/mol. The normalized spacial score (nSPS) is 21.3. The molecule has 2 aromatic carbocycles. The lowest BCUT2D eigenvalue weighted by molar-refractivity contribution is 0.0811. The molecule has 1 amide bonds. The van der Waals surface area contributed by atoms with Gasteiger partial charge in [0.2, 0.25) is 0 Å². The number of likely N-dealkylation sites (N-methyl/N-ethyl adjacent to an activating group) is 1. The van der Waals surface area contributed by atoms with Gasteiger partial charge in [0.15, 0.2) is 14.4 Å². The largest absolute Gasteiger partial charge is 0.439 e. The second-order valence-electron chi connectivity index (χ2n) is 10.1. The van der Waals surface area contributed by atoms with Crippen LogP contribution in [-0.4, -0.2) is 48.5 Å². The molecule has 32 heavy (non-hydrogen) atoms. The summed E-state index contributed by atoms with van der Waals surface area (Å²) in [5.74, 6) is 0.296. The average molecular weight is 474 g/mol. The van der Waals surface area contributed by atoms with Crippen LogP contribution in [0.5, 0.6) is 0 Å². The molecule has 1 heterocycles. The summed E-state index contributed by atoms with van der Waals surface area (Å²) in [6.07, 6.45) is -1.29. The van der Waals surface area contributed by atoms with Gasteiger partial charge in [-0.05, 0) is 42.8 Å². The van der Waals surface area contributed by atoms with Crippen molar-refractivity contribution in [1.29, 1.82) is 0 Å². The Hall–Kier alpha value is -1.96. The van der Waals surface area contributed by atoms with Gasteiger partial charge in [-0.25, -0.2) is 4.79 Å². The van der Waals surface area contributed by atoms with Crippen LogP contribution in [0.2, 0.25) is 18.1 Å². The zero-order valence-electron chi connectivity index (χ0n) is 20.1. The molecule has 1 fully saturated rings. The summed E-state index contributed by atoms with van der Waals surface area (Å²) in [5.41, 5.74) is 2.04. The van der Waals surface area contributed by atoms with Crippen molar-refractivity contribution >= 4 is 25.2 Å². The number of rotatable bonds is 7. The first-order valence-corrected chi connectivity index (χ1v) is 15.2. The number of hydrogen-bond acceptors (Lipinski definition) is 4. The van der Waals surface area contributed by atoms with Gasteiger partial charge in [0.25, 0.3) is 0 Å². The van der Waals surface area contributed by atoms with Crippen LogP contribution in [0, 0.1) is 6.92 Å². The maximum absolute atomic E-state index is 13.4. The highest BCUT2D eigenvalue weighted by Crippen LogP contribution is 2.41. The van der Waals surface area contributed by atoms with E-state index in [9.17, 15) is 9.00 Å². The van der Waals surface area contributed by atoms with Gasteiger partial charge in [0.05, 0.1) is 22.7 Å². The first-order valence-electron chi connectivity index (χ1n) is 11.0. The van der Waals surface area contributed by atoms with Crippen molar-refractivity contribution in [2.24, 2.45) is 0 Å². The van der Waals surface area contributed by atoms with Crippen molar-refractivity contribution in [2.45, 2.75) is 69.0 Å². The molecular formula is C25H35NO4SSi. The molecule has 0 aromatic heterocycles. The molecule has 1 saturated heterocycles. The van der Waals surface area contributed by atoms with E-state index in [1.165, 1.54) is 0 Å². The van der Waals surface area contributed by atoms with E-state index in [0.717, 1.165) is 16.0 Å². The molecule has 0 spiro atoms. The third-order valence-electron chi connectivity index (χ3n) is 6.63. The number of nitrogens with zero attached hydrogens (tertiary/aromatic N) is 1. The summed E-state index contributed by atoms with van der Waals surface area (Å²) in [6.45, 7) is 12.9. The maximum atomic E-state index is 13.4. The van der Waals surface area contributed by atoms with Crippen molar-refractivity contribution in [1.82, 2.24) is 4.90 Å². The molecule has 4 atom stereocenters. The highest BCUT2D eigenvalue weighted by Gasteiger charge is 2.49. The molecule has 1 unspecified atom stereocenters. The van der Waals surface area contributed by atoms with Gasteiger partial charge in [-0.1, -0.05) is 68.8 Å². The second-order valence-corrected chi connectivity index (χ2v) is 16.3. The highest BCUT2D eigenvalue weighted by atomic mass is 32.2. The molecule has 1 aliphatic heterocycles. The summed E-state index contributed by atoms with van der Waals surface area (Å²) in [4.78, 5) is 15.0. The molecule has 174 valence electrons. The van der Waals surface area contributed by atoms with E-state index in [1.54, 1.807) is 11.9 Å². The molecule has 1 aliphatic rings. The van der Waals surface area contributed by atoms with Crippen molar-refractivity contribution in [3.05, 3.63) is 65.7 Å². The van der Waals surface area contributed by atoms with Crippen molar-refractivity contribution in [2.75, 3.05) is 12.8 Å². The van der Waals surface area contributed by atoms with Gasteiger partial charge in [-0.15, -0.1) is 0 Å². The van der Waals surface area contributed by atoms with Gasteiger partial charge < -0.3 is 14.1 Å². The van der Waals surface area contributed by atoms with Crippen LogP contribution < -0.4 is 0 Å². The van der Waals surface area contributed by atoms with Crippen molar-refractivity contribution < 1.29 is 18.2 Å². The van der Waals surface area contributed by atoms with Gasteiger partial charge in [-0.3, -0.25) is 4.21 Å². The average Bonchev–Trinajstić information content (AvgIpc) is 3.02. The van der Waals surface area contributed by atoms with Gasteiger partial charge in [-0.2, -0.15) is 0 Å². The summed E-state index contributed by atoms with van der Waals surface area (Å²) >= 11 is 0. The van der Waals surface area contributed by atoms with Crippen LogP contribution in [0.4, 0.5) is 4.79 Å². The van der Waals surface area contributed by atoms with Gasteiger partial charge in [0.1, 0.15) is 6.04 Å². The standard InChI is InChI=1S/C25H35NO4SSi/c1-18-13-15-20(16-14-18)31(28)17-21(30-32(6,7)25(2,3)4)22-23(29-24(27)26(22)5)19-11-9-8-10-12-19/h8-16,21-23H,17H2,1-7H3/t21-,22+,23+,31?/m0/s1. The Labute approximate surface area is 195 Å². The van der Waals surface area contributed by atoms with Crippen LogP contribution >= 0.6 is 0 Å². The Kier molecular flexibility index (Phi) is 7.32.